The molecule has 1 unspecified atom stereocenters. The number of para-hydroxylation sites is 4. The molecule has 1 aliphatic heterocycles. The number of amides is 1. The number of ether oxygens (including phenoxy) is 3. The molecule has 0 spiro atoms. The van der Waals surface area contributed by atoms with Crippen molar-refractivity contribution in [1.29, 1.82) is 0 Å². The number of hydrogen-bond donors (Lipinski definition) is 1. The van der Waals surface area contributed by atoms with Gasteiger partial charge in [-0.25, -0.2) is 0 Å². The third kappa shape index (κ3) is 4.92. The molecule has 0 bridgehead atoms. The smallest absolute Gasteiger partial charge is 0.269 e. The zero-order valence-corrected chi connectivity index (χ0v) is 15.8. The summed E-state index contributed by atoms with van der Waals surface area (Å²) >= 11 is 0. The van der Waals surface area contributed by atoms with Crippen molar-refractivity contribution in [3.8, 4) is 17.2 Å². The first-order chi connectivity index (χ1) is 13.2. The van der Waals surface area contributed by atoms with Crippen molar-refractivity contribution in [1.82, 2.24) is 4.90 Å². The van der Waals surface area contributed by atoms with Gasteiger partial charge in [0.1, 0.15) is 19.0 Å². The summed E-state index contributed by atoms with van der Waals surface area (Å²) in [5.41, 5.74) is 0.629. The Balaban J connectivity index is 1.60. The Kier molecular flexibility index (Phi) is 6.54. The lowest BCUT2D eigenvalue weighted by Gasteiger charge is -2.26. The van der Waals surface area contributed by atoms with Crippen molar-refractivity contribution in [2.24, 2.45) is 0 Å². The van der Waals surface area contributed by atoms with Crippen LogP contribution in [0.3, 0.4) is 0 Å². The van der Waals surface area contributed by atoms with Crippen molar-refractivity contribution in [2.45, 2.75) is 20.0 Å². The number of carbonyl (C=O) groups is 1. The molecule has 0 aliphatic carbocycles. The van der Waals surface area contributed by atoms with Crippen molar-refractivity contribution >= 4 is 11.6 Å². The Hall–Kier alpha value is -2.73. The first-order valence-electron chi connectivity index (χ1n) is 9.34. The lowest BCUT2D eigenvalue weighted by molar-refractivity contribution is -0.125. The number of rotatable bonds is 8. The summed E-state index contributed by atoms with van der Waals surface area (Å²) in [6.45, 7) is 7.80. The number of nitrogens with one attached hydrogen (secondary N) is 1. The highest BCUT2D eigenvalue weighted by Gasteiger charge is 2.27. The third-order valence-electron chi connectivity index (χ3n) is 4.51. The van der Waals surface area contributed by atoms with E-state index in [1.165, 1.54) is 0 Å². The predicted molar refractivity (Wildman–Crippen MR) is 105 cm³/mol. The number of carbonyl (C=O) groups excluding carboxylic acids is 1. The molecule has 0 aromatic heterocycles. The van der Waals surface area contributed by atoms with Gasteiger partial charge in [0.05, 0.1) is 5.69 Å². The fourth-order valence-electron chi connectivity index (χ4n) is 2.88. The van der Waals surface area contributed by atoms with E-state index in [-0.39, 0.29) is 12.5 Å². The van der Waals surface area contributed by atoms with Crippen LogP contribution in [0.4, 0.5) is 5.69 Å². The molecule has 0 radical (unpaired) electrons. The molecule has 1 heterocycles. The van der Waals surface area contributed by atoms with E-state index in [0.29, 0.717) is 29.5 Å². The third-order valence-corrected chi connectivity index (χ3v) is 4.51. The van der Waals surface area contributed by atoms with Gasteiger partial charge in [-0.2, -0.15) is 0 Å². The highest BCUT2D eigenvalue weighted by Crippen LogP contribution is 2.31. The fraction of sp³-hybridized carbons (Fsp3) is 0.381. The Bertz CT molecular complexity index is 761. The minimum absolute atomic E-state index is 0.174. The number of hydrogen-bond acceptors (Lipinski definition) is 5. The van der Waals surface area contributed by atoms with E-state index in [1.807, 2.05) is 42.5 Å². The minimum atomic E-state index is -0.705. The van der Waals surface area contributed by atoms with Crippen molar-refractivity contribution < 1.29 is 19.0 Å². The molecule has 27 heavy (non-hydrogen) atoms. The second-order valence-corrected chi connectivity index (χ2v) is 6.22. The predicted octanol–water partition coefficient (Wildman–Crippen LogP) is 3.19. The van der Waals surface area contributed by atoms with Crippen LogP contribution in [0.15, 0.2) is 48.5 Å². The average Bonchev–Trinajstić information content (AvgIpc) is 2.72. The minimum Gasteiger partial charge on any atom is -0.490 e. The molecule has 6 nitrogen and oxygen atoms in total. The highest BCUT2D eigenvalue weighted by atomic mass is 16.6. The maximum absolute atomic E-state index is 12.6. The second kappa shape index (κ2) is 9.28. The van der Waals surface area contributed by atoms with Gasteiger partial charge in [0.15, 0.2) is 11.5 Å². The maximum atomic E-state index is 12.6. The first-order valence-corrected chi connectivity index (χ1v) is 9.34. The van der Waals surface area contributed by atoms with Crippen LogP contribution >= 0.6 is 0 Å². The van der Waals surface area contributed by atoms with Gasteiger partial charge >= 0.3 is 0 Å². The van der Waals surface area contributed by atoms with Crippen LogP contribution in [0, 0.1) is 0 Å². The molecular formula is C21H26N2O4. The summed E-state index contributed by atoms with van der Waals surface area (Å²) in [5, 5.41) is 2.89. The summed E-state index contributed by atoms with van der Waals surface area (Å²) in [6, 6.07) is 14.8. The molecule has 3 rings (SSSR count). The Morgan fingerprint density at radius 2 is 1.81 bits per heavy atom. The lowest BCUT2D eigenvalue weighted by atomic mass is 10.2. The number of fused-ring (bicyclic) bond motifs is 1. The average molecular weight is 370 g/mol. The van der Waals surface area contributed by atoms with Crippen LogP contribution in [-0.4, -0.2) is 49.8 Å². The summed E-state index contributed by atoms with van der Waals surface area (Å²) < 4.78 is 17.3. The van der Waals surface area contributed by atoms with Crippen LogP contribution in [0.5, 0.6) is 17.2 Å². The van der Waals surface area contributed by atoms with E-state index in [4.69, 9.17) is 14.2 Å². The number of nitrogens with zero attached hydrogens (tertiary/aromatic N) is 1. The first kappa shape index (κ1) is 19.0. The van der Waals surface area contributed by atoms with Gasteiger partial charge in [0.2, 0.25) is 6.10 Å². The van der Waals surface area contributed by atoms with E-state index < -0.39 is 6.10 Å². The van der Waals surface area contributed by atoms with Gasteiger partial charge in [0.25, 0.3) is 5.91 Å². The standard InChI is InChI=1S/C21H26N2O4/c1-3-23(4-2)13-14-25-17-10-6-5-9-16(17)22-21(24)20-15-26-18-11-7-8-12-19(18)27-20/h5-12,20H,3-4,13-15H2,1-2H3,(H,22,24). The lowest BCUT2D eigenvalue weighted by Crippen LogP contribution is -2.40. The molecule has 1 amide bonds. The molecule has 1 aliphatic rings. The normalized spacial score (nSPS) is 15.4. The zero-order valence-electron chi connectivity index (χ0n) is 15.8. The molecule has 2 aromatic rings. The molecule has 6 heteroatoms. The molecule has 0 saturated carbocycles. The molecule has 0 saturated heterocycles. The Morgan fingerprint density at radius 3 is 2.59 bits per heavy atom. The number of anilines is 1. The summed E-state index contributed by atoms with van der Waals surface area (Å²) in [7, 11) is 0. The van der Waals surface area contributed by atoms with Crippen LogP contribution in [-0.2, 0) is 4.79 Å². The van der Waals surface area contributed by atoms with Crippen LogP contribution < -0.4 is 19.5 Å². The summed E-state index contributed by atoms with van der Waals surface area (Å²) in [5.74, 6) is 1.62. The van der Waals surface area contributed by atoms with E-state index >= 15 is 0 Å². The molecular weight excluding hydrogens is 344 g/mol. The van der Waals surface area contributed by atoms with Crippen LogP contribution in [0.25, 0.3) is 0 Å². The summed E-state index contributed by atoms with van der Waals surface area (Å²) in [4.78, 5) is 14.9. The van der Waals surface area contributed by atoms with E-state index in [0.717, 1.165) is 19.6 Å². The fourth-order valence-corrected chi connectivity index (χ4v) is 2.88. The summed E-state index contributed by atoms with van der Waals surface area (Å²) in [6.07, 6.45) is -0.705. The van der Waals surface area contributed by atoms with Crippen molar-refractivity contribution in [2.75, 3.05) is 38.2 Å². The van der Waals surface area contributed by atoms with Gasteiger partial charge in [-0.05, 0) is 37.4 Å². The maximum Gasteiger partial charge on any atom is 0.269 e. The molecule has 144 valence electrons. The molecule has 2 aromatic carbocycles. The monoisotopic (exact) mass is 370 g/mol. The number of likely N-dealkylation sites (N-methyl/N-ethyl adjacent to an activating group) is 1. The van der Waals surface area contributed by atoms with Gasteiger partial charge in [-0.1, -0.05) is 38.1 Å². The zero-order chi connectivity index (χ0) is 19.1. The molecule has 1 atom stereocenters. The van der Waals surface area contributed by atoms with Crippen molar-refractivity contribution in [3.05, 3.63) is 48.5 Å². The van der Waals surface area contributed by atoms with Gasteiger partial charge in [-0.3, -0.25) is 4.79 Å². The van der Waals surface area contributed by atoms with Gasteiger partial charge < -0.3 is 24.4 Å². The molecule has 0 fully saturated rings. The van der Waals surface area contributed by atoms with Crippen LogP contribution in [0.2, 0.25) is 0 Å². The number of benzene rings is 2. The van der Waals surface area contributed by atoms with Gasteiger partial charge in [0, 0.05) is 6.54 Å². The topological polar surface area (TPSA) is 60.0 Å². The van der Waals surface area contributed by atoms with E-state index in [1.54, 1.807) is 6.07 Å². The Morgan fingerprint density at radius 1 is 1.11 bits per heavy atom. The second-order valence-electron chi connectivity index (χ2n) is 6.22. The SMILES string of the molecule is CCN(CC)CCOc1ccccc1NC(=O)C1COc2ccccc2O1. The molecule has 1 N–H and O–H groups in total. The Labute approximate surface area is 160 Å². The largest absolute Gasteiger partial charge is 0.490 e. The highest BCUT2D eigenvalue weighted by molar-refractivity contribution is 5.96. The van der Waals surface area contributed by atoms with E-state index in [2.05, 4.69) is 24.1 Å². The van der Waals surface area contributed by atoms with E-state index in [9.17, 15) is 4.79 Å². The van der Waals surface area contributed by atoms with Gasteiger partial charge in [-0.15, -0.1) is 0 Å². The quantitative estimate of drug-likeness (QED) is 0.773. The van der Waals surface area contributed by atoms with Crippen molar-refractivity contribution in [3.63, 3.8) is 0 Å². The van der Waals surface area contributed by atoms with Crippen LogP contribution in [0.1, 0.15) is 13.8 Å².